The first-order valence-corrected chi connectivity index (χ1v) is 10.4. The highest BCUT2D eigenvalue weighted by atomic mass is 35.5. The molecule has 1 atom stereocenters. The summed E-state index contributed by atoms with van der Waals surface area (Å²) < 4.78 is 28.3. The first-order chi connectivity index (χ1) is 12.6. The number of ether oxygens (including phenoxy) is 1. The van der Waals surface area contributed by atoms with Crippen LogP contribution in [0.3, 0.4) is 0 Å². The molecule has 0 aliphatic rings. The van der Waals surface area contributed by atoms with Gasteiger partial charge in [0, 0.05) is 11.3 Å². The highest BCUT2D eigenvalue weighted by Crippen LogP contribution is 2.22. The highest BCUT2D eigenvalue weighted by Gasteiger charge is 2.18. The van der Waals surface area contributed by atoms with Gasteiger partial charge in [-0.3, -0.25) is 4.79 Å². The molecule has 0 spiro atoms. The molecule has 2 rings (SSSR count). The Kier molecular flexibility index (Phi) is 6.62. The van der Waals surface area contributed by atoms with E-state index in [1.165, 1.54) is 18.2 Å². The summed E-state index contributed by atoms with van der Waals surface area (Å²) >= 11 is 6.09. The van der Waals surface area contributed by atoms with E-state index in [9.17, 15) is 18.0 Å². The first kappa shape index (κ1) is 20.9. The van der Waals surface area contributed by atoms with Crippen molar-refractivity contribution in [3.63, 3.8) is 0 Å². The second-order valence-corrected chi connectivity index (χ2v) is 8.56. The van der Waals surface area contributed by atoms with Crippen molar-refractivity contribution >= 4 is 33.3 Å². The number of benzene rings is 2. The van der Waals surface area contributed by atoms with E-state index in [2.05, 4.69) is 5.32 Å². The highest BCUT2D eigenvalue weighted by molar-refractivity contribution is 7.90. The van der Waals surface area contributed by atoms with Gasteiger partial charge in [0.1, 0.15) is 0 Å². The molecule has 144 valence electrons. The zero-order chi connectivity index (χ0) is 20.2. The minimum atomic E-state index is -3.46. The number of esters is 1. The van der Waals surface area contributed by atoms with Gasteiger partial charge in [-0.25, -0.2) is 13.2 Å². The van der Waals surface area contributed by atoms with Gasteiger partial charge in [-0.05, 0) is 43.2 Å². The minimum absolute atomic E-state index is 0.0110. The van der Waals surface area contributed by atoms with Gasteiger partial charge in [0.2, 0.25) is 0 Å². The third-order valence-corrected chi connectivity index (χ3v) is 5.40. The third-order valence-electron chi connectivity index (χ3n) is 3.94. The van der Waals surface area contributed by atoms with Gasteiger partial charge < -0.3 is 10.1 Å². The molecule has 8 heteroatoms. The maximum atomic E-state index is 12.2. The summed E-state index contributed by atoms with van der Waals surface area (Å²) in [6.45, 7) is 2.93. The quantitative estimate of drug-likeness (QED) is 0.740. The molecule has 0 radical (unpaired) electrons. The average molecular weight is 410 g/mol. The molecule has 0 aromatic heterocycles. The van der Waals surface area contributed by atoms with Crippen molar-refractivity contribution in [2.75, 3.05) is 12.9 Å². The van der Waals surface area contributed by atoms with E-state index >= 15 is 0 Å². The monoisotopic (exact) mass is 409 g/mol. The van der Waals surface area contributed by atoms with Crippen molar-refractivity contribution in [3.05, 3.63) is 64.2 Å². The fraction of sp³-hybridized carbons (Fsp3) is 0.263. The van der Waals surface area contributed by atoms with Crippen LogP contribution in [0.5, 0.6) is 0 Å². The number of rotatable bonds is 6. The largest absolute Gasteiger partial charge is 0.452 e. The maximum absolute atomic E-state index is 12.2. The Bertz CT molecular complexity index is 972. The number of nitrogens with one attached hydrogen (secondary N) is 1. The van der Waals surface area contributed by atoms with Gasteiger partial charge in [0.05, 0.1) is 16.5 Å². The zero-order valence-corrected chi connectivity index (χ0v) is 16.7. The van der Waals surface area contributed by atoms with Crippen LogP contribution in [0.25, 0.3) is 0 Å². The molecule has 0 fully saturated rings. The lowest BCUT2D eigenvalue weighted by molar-refractivity contribution is -0.124. The van der Waals surface area contributed by atoms with Crippen LogP contribution in [0.2, 0.25) is 5.02 Å². The SMILES string of the molecule is Cc1ccc(S(C)(=O)=O)cc1C(=O)OCC(=O)N[C@@H](C)c1ccccc1Cl. The van der Waals surface area contributed by atoms with Crippen molar-refractivity contribution in [2.45, 2.75) is 24.8 Å². The number of amides is 1. The van der Waals surface area contributed by atoms with Crippen molar-refractivity contribution in [1.82, 2.24) is 5.32 Å². The van der Waals surface area contributed by atoms with Crippen LogP contribution in [0.4, 0.5) is 0 Å². The fourth-order valence-electron chi connectivity index (χ4n) is 2.45. The zero-order valence-electron chi connectivity index (χ0n) is 15.2. The van der Waals surface area contributed by atoms with Crippen molar-refractivity contribution in [3.8, 4) is 0 Å². The molecule has 0 saturated heterocycles. The van der Waals surface area contributed by atoms with Gasteiger partial charge in [0.15, 0.2) is 16.4 Å². The molecule has 0 aliphatic carbocycles. The predicted molar refractivity (Wildman–Crippen MR) is 103 cm³/mol. The molecule has 0 saturated carbocycles. The fourth-order valence-corrected chi connectivity index (χ4v) is 3.39. The molecule has 2 aromatic carbocycles. The molecule has 6 nitrogen and oxygen atoms in total. The summed E-state index contributed by atoms with van der Waals surface area (Å²) in [6.07, 6.45) is 1.05. The van der Waals surface area contributed by atoms with E-state index in [0.29, 0.717) is 10.6 Å². The summed E-state index contributed by atoms with van der Waals surface area (Å²) in [4.78, 5) is 24.3. The lowest BCUT2D eigenvalue weighted by Gasteiger charge is -2.16. The van der Waals surface area contributed by atoms with E-state index < -0.39 is 28.3 Å². The number of carbonyl (C=O) groups is 2. The van der Waals surface area contributed by atoms with E-state index in [1.807, 2.05) is 0 Å². The molecular weight excluding hydrogens is 390 g/mol. The molecular formula is C19H20ClNO5S. The Hall–Kier alpha value is -2.38. The number of sulfone groups is 1. The summed E-state index contributed by atoms with van der Waals surface area (Å²) in [7, 11) is -3.46. The van der Waals surface area contributed by atoms with Gasteiger partial charge in [-0.2, -0.15) is 0 Å². The first-order valence-electron chi connectivity index (χ1n) is 8.11. The second kappa shape index (κ2) is 8.54. The Morgan fingerprint density at radius 2 is 1.85 bits per heavy atom. The van der Waals surface area contributed by atoms with Gasteiger partial charge in [-0.15, -0.1) is 0 Å². The number of hydrogen-bond acceptors (Lipinski definition) is 5. The lowest BCUT2D eigenvalue weighted by atomic mass is 10.1. The Balaban J connectivity index is 2.01. The molecule has 2 aromatic rings. The van der Waals surface area contributed by atoms with Crippen LogP contribution in [0.1, 0.15) is 34.5 Å². The van der Waals surface area contributed by atoms with Crippen LogP contribution >= 0.6 is 11.6 Å². The smallest absolute Gasteiger partial charge is 0.338 e. The molecule has 0 unspecified atom stereocenters. The van der Waals surface area contributed by atoms with E-state index in [4.69, 9.17) is 16.3 Å². The van der Waals surface area contributed by atoms with E-state index in [-0.39, 0.29) is 16.5 Å². The average Bonchev–Trinajstić information content (AvgIpc) is 2.59. The summed E-state index contributed by atoms with van der Waals surface area (Å²) in [5.41, 5.74) is 1.40. The standard InChI is InChI=1S/C19H20ClNO5S/c1-12-8-9-14(27(3,24)25)10-16(12)19(23)26-11-18(22)21-13(2)15-6-4-5-7-17(15)20/h4-10,13H,11H2,1-3H3,(H,21,22)/t13-/m0/s1. The van der Waals surface area contributed by atoms with Crippen molar-refractivity contribution < 1.29 is 22.7 Å². The molecule has 0 bridgehead atoms. The van der Waals surface area contributed by atoms with Crippen molar-refractivity contribution in [1.29, 1.82) is 0 Å². The number of carbonyl (C=O) groups excluding carboxylic acids is 2. The normalized spacial score (nSPS) is 12.3. The van der Waals surface area contributed by atoms with E-state index in [0.717, 1.165) is 11.8 Å². The van der Waals surface area contributed by atoms with Crippen LogP contribution in [-0.4, -0.2) is 33.2 Å². The topological polar surface area (TPSA) is 89.5 Å². The van der Waals surface area contributed by atoms with Crippen LogP contribution in [-0.2, 0) is 19.4 Å². The van der Waals surface area contributed by atoms with Crippen LogP contribution in [0.15, 0.2) is 47.4 Å². The van der Waals surface area contributed by atoms with Crippen LogP contribution in [0, 0.1) is 6.92 Å². The molecule has 27 heavy (non-hydrogen) atoms. The summed E-state index contributed by atoms with van der Waals surface area (Å²) in [6, 6.07) is 10.9. The van der Waals surface area contributed by atoms with Crippen molar-refractivity contribution in [2.24, 2.45) is 0 Å². The molecule has 0 aliphatic heterocycles. The van der Waals surface area contributed by atoms with E-state index in [1.54, 1.807) is 38.1 Å². The maximum Gasteiger partial charge on any atom is 0.338 e. The second-order valence-electron chi connectivity index (χ2n) is 6.14. The van der Waals surface area contributed by atoms with Gasteiger partial charge in [-0.1, -0.05) is 35.9 Å². The Morgan fingerprint density at radius 3 is 2.48 bits per heavy atom. The van der Waals surface area contributed by atoms with Crippen LogP contribution < -0.4 is 5.32 Å². The summed E-state index contributed by atoms with van der Waals surface area (Å²) in [5.74, 6) is -1.26. The lowest BCUT2D eigenvalue weighted by Crippen LogP contribution is -2.31. The molecule has 0 heterocycles. The number of hydrogen-bond donors (Lipinski definition) is 1. The molecule has 1 amide bonds. The minimum Gasteiger partial charge on any atom is -0.452 e. The summed E-state index contributed by atoms with van der Waals surface area (Å²) in [5, 5.41) is 3.22. The third kappa shape index (κ3) is 5.55. The number of halogens is 1. The molecule has 1 N–H and O–H groups in total. The Morgan fingerprint density at radius 1 is 1.19 bits per heavy atom. The Labute approximate surface area is 163 Å². The predicted octanol–water partition coefficient (Wildman–Crippen LogP) is 3.09. The number of aryl methyl sites for hydroxylation is 1. The van der Waals surface area contributed by atoms with Gasteiger partial charge in [0.25, 0.3) is 5.91 Å². The van der Waals surface area contributed by atoms with Gasteiger partial charge >= 0.3 is 5.97 Å².